The third-order valence-electron chi connectivity index (χ3n) is 2.56. The van der Waals surface area contributed by atoms with E-state index in [1.807, 2.05) is 0 Å². The molecule has 5 heteroatoms. The molecule has 2 aromatic rings. The lowest BCUT2D eigenvalue weighted by molar-refractivity contribution is 0.0889. The number of benzene rings is 2. The van der Waals surface area contributed by atoms with Crippen molar-refractivity contribution >= 4 is 16.7 Å². The number of phenols is 1. The number of hydrogen-bond donors (Lipinski definition) is 2. The van der Waals surface area contributed by atoms with Crippen LogP contribution in [0.4, 0.5) is 8.78 Å². The highest BCUT2D eigenvalue weighted by molar-refractivity contribution is 6.03. The van der Waals surface area contributed by atoms with Crippen molar-refractivity contribution in [1.29, 1.82) is 0 Å². The smallest absolute Gasteiger partial charge is 0.255 e. The van der Waals surface area contributed by atoms with E-state index in [9.17, 15) is 18.7 Å². The molecule has 1 amide bonds. The fourth-order valence-electron chi connectivity index (χ4n) is 1.70. The lowest BCUT2D eigenvalue weighted by atomic mass is 10.0. The lowest BCUT2D eigenvalue weighted by Crippen LogP contribution is -2.28. The molecule has 2 aromatic carbocycles. The molecule has 18 heavy (non-hydrogen) atoms. The minimum Gasteiger partial charge on any atom is -0.506 e. The first-order valence-electron chi connectivity index (χ1n) is 5.36. The van der Waals surface area contributed by atoms with E-state index in [-0.39, 0.29) is 11.3 Å². The van der Waals surface area contributed by atoms with Gasteiger partial charge in [-0.25, -0.2) is 8.78 Å². The number of nitrogens with one attached hydrogen (secondary N) is 1. The number of alkyl halides is 2. The Labute approximate surface area is 102 Å². The maximum atomic E-state index is 12.0. The van der Waals surface area contributed by atoms with Crippen molar-refractivity contribution in [3.05, 3.63) is 42.0 Å². The standard InChI is InChI=1S/C13H11F2NO2/c14-11(15)7-16-13(18)10-6-5-8-3-1-2-4-9(8)12(10)17/h1-6,11,17H,7H2,(H,16,18). The Morgan fingerprint density at radius 2 is 1.94 bits per heavy atom. The monoisotopic (exact) mass is 251 g/mol. The zero-order chi connectivity index (χ0) is 13.1. The van der Waals surface area contributed by atoms with Gasteiger partial charge in [0.15, 0.2) is 0 Å². The molecule has 0 spiro atoms. The van der Waals surface area contributed by atoms with Crippen LogP contribution in [0.1, 0.15) is 10.4 Å². The highest BCUT2D eigenvalue weighted by atomic mass is 19.3. The van der Waals surface area contributed by atoms with E-state index in [1.165, 1.54) is 6.07 Å². The number of fused-ring (bicyclic) bond motifs is 1. The van der Waals surface area contributed by atoms with Crippen LogP contribution in [0, 0.1) is 0 Å². The molecular formula is C13H11F2NO2. The second kappa shape index (κ2) is 5.00. The molecule has 0 saturated heterocycles. The molecular weight excluding hydrogens is 240 g/mol. The number of halogens is 2. The summed E-state index contributed by atoms with van der Waals surface area (Å²) in [5.74, 6) is -0.904. The van der Waals surface area contributed by atoms with Gasteiger partial charge in [0.25, 0.3) is 12.3 Å². The Kier molecular flexibility index (Phi) is 3.41. The molecule has 0 fully saturated rings. The fourth-order valence-corrected chi connectivity index (χ4v) is 1.70. The average Bonchev–Trinajstić information content (AvgIpc) is 2.37. The van der Waals surface area contributed by atoms with E-state index in [0.717, 1.165) is 5.39 Å². The van der Waals surface area contributed by atoms with Crippen LogP contribution in [0.15, 0.2) is 36.4 Å². The van der Waals surface area contributed by atoms with E-state index in [1.54, 1.807) is 30.3 Å². The normalized spacial score (nSPS) is 10.8. The Balaban J connectivity index is 2.34. The van der Waals surface area contributed by atoms with Gasteiger partial charge in [-0.2, -0.15) is 0 Å². The second-order valence-electron chi connectivity index (χ2n) is 3.78. The predicted molar refractivity (Wildman–Crippen MR) is 64.0 cm³/mol. The number of hydrogen-bond acceptors (Lipinski definition) is 2. The van der Waals surface area contributed by atoms with E-state index in [2.05, 4.69) is 5.32 Å². The predicted octanol–water partition coefficient (Wildman–Crippen LogP) is 2.54. The maximum absolute atomic E-state index is 12.0. The summed E-state index contributed by atoms with van der Waals surface area (Å²) in [7, 11) is 0. The molecule has 2 rings (SSSR count). The van der Waals surface area contributed by atoms with Crippen LogP contribution in [0.3, 0.4) is 0 Å². The van der Waals surface area contributed by atoms with Gasteiger partial charge >= 0.3 is 0 Å². The molecule has 94 valence electrons. The van der Waals surface area contributed by atoms with Crippen molar-refractivity contribution in [3.8, 4) is 5.75 Å². The largest absolute Gasteiger partial charge is 0.506 e. The molecule has 0 saturated carbocycles. The van der Waals surface area contributed by atoms with Crippen molar-refractivity contribution < 1.29 is 18.7 Å². The van der Waals surface area contributed by atoms with E-state index in [0.29, 0.717) is 5.39 Å². The van der Waals surface area contributed by atoms with Crippen LogP contribution in [0.2, 0.25) is 0 Å². The first-order chi connectivity index (χ1) is 8.59. The summed E-state index contributed by atoms with van der Waals surface area (Å²) >= 11 is 0. The SMILES string of the molecule is O=C(NCC(F)F)c1ccc2ccccc2c1O. The summed E-state index contributed by atoms with van der Waals surface area (Å²) in [4.78, 5) is 11.6. The molecule has 0 atom stereocenters. The summed E-state index contributed by atoms with van der Waals surface area (Å²) in [6.45, 7) is -0.731. The third-order valence-corrected chi connectivity index (χ3v) is 2.56. The van der Waals surface area contributed by atoms with Gasteiger partial charge < -0.3 is 10.4 Å². The van der Waals surface area contributed by atoms with Gasteiger partial charge in [-0.05, 0) is 11.5 Å². The number of phenolic OH excluding ortho intramolecular Hbond substituents is 1. The van der Waals surface area contributed by atoms with E-state index in [4.69, 9.17) is 0 Å². The van der Waals surface area contributed by atoms with Crippen LogP contribution in [-0.2, 0) is 0 Å². The van der Waals surface area contributed by atoms with Crippen molar-refractivity contribution in [2.75, 3.05) is 6.54 Å². The molecule has 3 nitrogen and oxygen atoms in total. The topological polar surface area (TPSA) is 49.3 Å². The van der Waals surface area contributed by atoms with Gasteiger partial charge in [0, 0.05) is 5.39 Å². The molecule has 0 radical (unpaired) electrons. The highest BCUT2D eigenvalue weighted by Gasteiger charge is 2.14. The number of amides is 1. The van der Waals surface area contributed by atoms with Crippen LogP contribution >= 0.6 is 0 Å². The second-order valence-corrected chi connectivity index (χ2v) is 3.78. The maximum Gasteiger partial charge on any atom is 0.255 e. The van der Waals surface area contributed by atoms with Gasteiger partial charge in [-0.1, -0.05) is 30.3 Å². The zero-order valence-corrected chi connectivity index (χ0v) is 9.36. The summed E-state index contributed by atoms with van der Waals surface area (Å²) in [6, 6.07) is 10.1. The van der Waals surface area contributed by atoms with Crippen molar-refractivity contribution in [2.45, 2.75) is 6.43 Å². The number of carbonyl (C=O) groups is 1. The Morgan fingerprint density at radius 1 is 1.22 bits per heavy atom. The van der Waals surface area contributed by atoms with Crippen LogP contribution in [-0.4, -0.2) is 24.0 Å². The summed E-state index contributed by atoms with van der Waals surface area (Å²) < 4.78 is 24.0. The molecule has 0 heterocycles. The highest BCUT2D eigenvalue weighted by Crippen LogP contribution is 2.28. The third kappa shape index (κ3) is 2.40. The van der Waals surface area contributed by atoms with Crippen LogP contribution < -0.4 is 5.32 Å². The summed E-state index contributed by atoms with van der Waals surface area (Å²) in [5.41, 5.74) is -0.00523. The Hall–Kier alpha value is -2.17. The van der Waals surface area contributed by atoms with Gasteiger partial charge in [0.05, 0.1) is 12.1 Å². The quantitative estimate of drug-likeness (QED) is 0.880. The van der Waals surface area contributed by atoms with Gasteiger partial charge in [-0.3, -0.25) is 4.79 Å². The lowest BCUT2D eigenvalue weighted by Gasteiger charge is -2.08. The minimum absolute atomic E-state index is 0.00523. The molecule has 0 bridgehead atoms. The molecule has 0 aliphatic carbocycles. The van der Waals surface area contributed by atoms with E-state index < -0.39 is 18.9 Å². The molecule has 2 N–H and O–H groups in total. The van der Waals surface area contributed by atoms with Crippen molar-refractivity contribution in [3.63, 3.8) is 0 Å². The van der Waals surface area contributed by atoms with Gasteiger partial charge in [0.2, 0.25) is 0 Å². The molecule has 0 aromatic heterocycles. The number of carbonyl (C=O) groups excluding carboxylic acids is 1. The van der Waals surface area contributed by atoms with Crippen LogP contribution in [0.5, 0.6) is 5.75 Å². The zero-order valence-electron chi connectivity index (χ0n) is 9.36. The van der Waals surface area contributed by atoms with Crippen LogP contribution in [0.25, 0.3) is 10.8 Å². The molecule has 0 aliphatic heterocycles. The van der Waals surface area contributed by atoms with Gasteiger partial charge in [-0.15, -0.1) is 0 Å². The number of aromatic hydroxyl groups is 1. The van der Waals surface area contributed by atoms with Gasteiger partial charge in [0.1, 0.15) is 5.75 Å². The first kappa shape index (κ1) is 12.3. The molecule has 0 aliphatic rings. The summed E-state index contributed by atoms with van der Waals surface area (Å²) in [6.07, 6.45) is -2.61. The summed E-state index contributed by atoms with van der Waals surface area (Å²) in [5, 5.41) is 13.3. The van der Waals surface area contributed by atoms with E-state index >= 15 is 0 Å². The Bertz CT molecular complexity index is 584. The average molecular weight is 251 g/mol. The fraction of sp³-hybridized carbons (Fsp3) is 0.154. The number of rotatable bonds is 3. The Morgan fingerprint density at radius 3 is 2.67 bits per heavy atom. The van der Waals surface area contributed by atoms with Crippen molar-refractivity contribution in [2.24, 2.45) is 0 Å². The van der Waals surface area contributed by atoms with Crippen molar-refractivity contribution in [1.82, 2.24) is 5.32 Å². The molecule has 0 unspecified atom stereocenters. The minimum atomic E-state index is -2.61. The first-order valence-corrected chi connectivity index (χ1v) is 5.36.